The molecule has 3 N–H and O–H groups in total. The first kappa shape index (κ1) is 15.3. The number of rotatable bonds is 0. The van der Waals surface area contributed by atoms with Crippen molar-refractivity contribution in [1.29, 1.82) is 0 Å². The van der Waals surface area contributed by atoms with Gasteiger partial charge >= 0.3 is 0 Å². The third-order valence-corrected chi connectivity index (χ3v) is 6.11. The summed E-state index contributed by atoms with van der Waals surface area (Å²) in [7, 11) is 0. The van der Waals surface area contributed by atoms with Crippen LogP contribution < -0.4 is 0 Å². The van der Waals surface area contributed by atoms with Crippen LogP contribution in [0, 0.1) is 11.8 Å². The fourth-order valence-electron chi connectivity index (χ4n) is 5.00. The molecule has 0 radical (unpaired) electrons. The molecule has 1 heterocycles. The van der Waals surface area contributed by atoms with E-state index in [4.69, 9.17) is 4.74 Å². The molecule has 25 heavy (non-hydrogen) atoms. The normalized spacial score (nSPS) is 41.6. The van der Waals surface area contributed by atoms with Gasteiger partial charge in [-0.05, 0) is 24.0 Å². The van der Waals surface area contributed by atoms with Crippen LogP contribution in [0.25, 0.3) is 0 Å². The number of ketones is 2. The van der Waals surface area contributed by atoms with Crippen molar-refractivity contribution in [2.75, 3.05) is 0 Å². The van der Waals surface area contributed by atoms with Crippen LogP contribution in [0.3, 0.4) is 0 Å². The Morgan fingerprint density at radius 2 is 2.00 bits per heavy atom. The van der Waals surface area contributed by atoms with Gasteiger partial charge in [-0.25, -0.2) is 0 Å². The summed E-state index contributed by atoms with van der Waals surface area (Å²) in [6.45, 7) is 1.98. The molecule has 0 bridgehead atoms. The van der Waals surface area contributed by atoms with Gasteiger partial charge in [0.25, 0.3) is 0 Å². The van der Waals surface area contributed by atoms with Crippen LogP contribution in [0.5, 0.6) is 5.75 Å². The number of aliphatic hydroxyl groups is 2. The predicted octanol–water partition coefficient (Wildman–Crippen LogP) is 1.05. The highest BCUT2D eigenvalue weighted by Gasteiger charge is 2.71. The molecule has 6 nitrogen and oxygen atoms in total. The van der Waals surface area contributed by atoms with E-state index in [2.05, 4.69) is 0 Å². The number of carbonyl (C=O) groups excluding carboxylic acids is 2. The summed E-state index contributed by atoms with van der Waals surface area (Å²) in [6, 6.07) is 4.39. The van der Waals surface area contributed by atoms with E-state index in [-0.39, 0.29) is 28.6 Å². The molecule has 5 rings (SSSR count). The first-order valence-electron chi connectivity index (χ1n) is 8.53. The molecule has 0 amide bonds. The molecule has 1 aromatic rings. The Kier molecular flexibility index (Phi) is 2.79. The Morgan fingerprint density at radius 3 is 2.76 bits per heavy atom. The minimum Gasteiger partial charge on any atom is -0.508 e. The zero-order chi connectivity index (χ0) is 17.7. The number of carbonyl (C=O) groups is 2. The Hall–Kier alpha value is -2.02. The predicted molar refractivity (Wildman–Crippen MR) is 84.9 cm³/mol. The molecule has 1 saturated heterocycles. The SMILES string of the molecule is C[C@H]1CC(=O)C2=C(C1)[C@H]1O[C@@H]1[C@]1(O)[C@@H]2C(=O)c2cccc(O)c2[C@@H]1O. The van der Waals surface area contributed by atoms with Gasteiger partial charge in [-0.1, -0.05) is 19.1 Å². The number of hydrogen-bond donors (Lipinski definition) is 3. The number of Topliss-reactive ketones (excluding diaryl/α,β-unsaturated/α-hetero) is 2. The number of phenolic OH excluding ortho intramolecular Hbond substituents is 1. The average Bonchev–Trinajstić information content (AvgIpc) is 3.35. The van der Waals surface area contributed by atoms with Crippen LogP contribution in [0.1, 0.15) is 41.8 Å². The van der Waals surface area contributed by atoms with Gasteiger partial charge in [0.1, 0.15) is 29.7 Å². The van der Waals surface area contributed by atoms with Crippen LogP contribution >= 0.6 is 0 Å². The number of fused-ring (bicyclic) bond motifs is 6. The molecule has 3 aliphatic carbocycles. The summed E-state index contributed by atoms with van der Waals surface area (Å²) in [6.07, 6.45) is -1.69. The third-order valence-electron chi connectivity index (χ3n) is 6.11. The zero-order valence-corrected chi connectivity index (χ0v) is 13.6. The minimum absolute atomic E-state index is 0.0150. The summed E-state index contributed by atoms with van der Waals surface area (Å²) in [5.74, 6) is -1.82. The van der Waals surface area contributed by atoms with Crippen molar-refractivity contribution in [3.63, 3.8) is 0 Å². The highest BCUT2D eigenvalue weighted by molar-refractivity contribution is 6.11. The monoisotopic (exact) mass is 342 g/mol. The second-order valence-corrected chi connectivity index (χ2v) is 7.68. The molecule has 130 valence electrons. The molecule has 4 aliphatic rings. The zero-order valence-electron chi connectivity index (χ0n) is 13.6. The largest absolute Gasteiger partial charge is 0.508 e. The number of phenols is 1. The lowest BCUT2D eigenvalue weighted by atomic mass is 9.58. The Morgan fingerprint density at radius 1 is 1.24 bits per heavy atom. The van der Waals surface area contributed by atoms with Crippen molar-refractivity contribution in [2.24, 2.45) is 11.8 Å². The molecular formula is C19H18O6. The van der Waals surface area contributed by atoms with Gasteiger partial charge in [-0.3, -0.25) is 9.59 Å². The average molecular weight is 342 g/mol. The van der Waals surface area contributed by atoms with Gasteiger partial charge in [0.2, 0.25) is 0 Å². The van der Waals surface area contributed by atoms with Crippen molar-refractivity contribution in [3.05, 3.63) is 40.5 Å². The van der Waals surface area contributed by atoms with Crippen LogP contribution in [-0.4, -0.2) is 44.7 Å². The number of aromatic hydroxyl groups is 1. The molecule has 0 spiro atoms. The Balaban J connectivity index is 1.77. The molecule has 6 heteroatoms. The first-order chi connectivity index (χ1) is 11.9. The molecule has 6 atom stereocenters. The van der Waals surface area contributed by atoms with Crippen molar-refractivity contribution in [2.45, 2.75) is 43.7 Å². The maximum Gasteiger partial charge on any atom is 0.174 e. The Bertz CT molecular complexity index is 871. The summed E-state index contributed by atoms with van der Waals surface area (Å²) < 4.78 is 5.64. The second kappa shape index (κ2) is 4.58. The molecule has 0 saturated carbocycles. The van der Waals surface area contributed by atoms with E-state index in [1.165, 1.54) is 18.2 Å². The number of hydrogen-bond acceptors (Lipinski definition) is 6. The quantitative estimate of drug-likeness (QED) is 0.608. The summed E-state index contributed by atoms with van der Waals surface area (Å²) in [5.41, 5.74) is -0.645. The van der Waals surface area contributed by atoms with Crippen LogP contribution in [0.15, 0.2) is 29.3 Å². The number of benzene rings is 1. The maximum atomic E-state index is 13.2. The molecule has 0 aromatic heterocycles. The van der Waals surface area contributed by atoms with Gasteiger partial charge in [0, 0.05) is 23.1 Å². The molecule has 1 aliphatic heterocycles. The lowest BCUT2D eigenvalue weighted by Gasteiger charge is -2.46. The topological polar surface area (TPSA) is 107 Å². The molecule has 1 aromatic carbocycles. The number of aliphatic hydroxyl groups excluding tert-OH is 1. The van der Waals surface area contributed by atoms with Crippen LogP contribution in [-0.2, 0) is 9.53 Å². The van der Waals surface area contributed by atoms with Crippen molar-refractivity contribution in [3.8, 4) is 5.75 Å². The second-order valence-electron chi connectivity index (χ2n) is 7.68. The first-order valence-corrected chi connectivity index (χ1v) is 8.53. The van der Waals surface area contributed by atoms with Gasteiger partial charge in [-0.15, -0.1) is 0 Å². The molecule has 0 unspecified atom stereocenters. The van der Waals surface area contributed by atoms with E-state index in [0.29, 0.717) is 18.4 Å². The molecule has 1 fully saturated rings. The maximum absolute atomic E-state index is 13.2. The highest BCUT2D eigenvalue weighted by atomic mass is 16.6. The van der Waals surface area contributed by atoms with E-state index in [1.54, 1.807) is 0 Å². The van der Waals surface area contributed by atoms with Crippen LogP contribution in [0.4, 0.5) is 0 Å². The van der Waals surface area contributed by atoms with E-state index in [1.807, 2.05) is 6.92 Å². The lowest BCUT2D eigenvalue weighted by molar-refractivity contribution is -0.130. The third kappa shape index (κ3) is 1.69. The van der Waals surface area contributed by atoms with Crippen molar-refractivity contribution < 1.29 is 29.6 Å². The van der Waals surface area contributed by atoms with Gasteiger partial charge in [-0.2, -0.15) is 0 Å². The fraction of sp³-hybridized carbons (Fsp3) is 0.474. The van der Waals surface area contributed by atoms with Gasteiger partial charge in [0.05, 0.1) is 5.92 Å². The smallest absolute Gasteiger partial charge is 0.174 e. The van der Waals surface area contributed by atoms with E-state index >= 15 is 0 Å². The van der Waals surface area contributed by atoms with E-state index in [0.717, 1.165) is 5.57 Å². The minimum atomic E-state index is -1.93. The van der Waals surface area contributed by atoms with Crippen molar-refractivity contribution >= 4 is 11.6 Å². The molecular weight excluding hydrogens is 324 g/mol. The summed E-state index contributed by atoms with van der Waals surface area (Å²) in [5, 5.41) is 32.3. The van der Waals surface area contributed by atoms with E-state index < -0.39 is 35.6 Å². The Labute approximate surface area is 143 Å². The van der Waals surface area contributed by atoms with Crippen LogP contribution in [0.2, 0.25) is 0 Å². The summed E-state index contributed by atoms with van der Waals surface area (Å²) in [4.78, 5) is 25.9. The standard InChI is InChI=1S/C19H18O6/c1-7-5-9-12(11(21)6-7)14-15(22)8-3-2-4-10(20)13(8)17(23)19(14,24)18-16(9)25-18/h2-4,7,14,16-18,20,23-24H,5-6H2,1H3/t7-,14+,16-,17+,18+,19+/m1/s1. The number of epoxide rings is 1. The van der Waals surface area contributed by atoms with Gasteiger partial charge in [0.15, 0.2) is 11.6 Å². The highest BCUT2D eigenvalue weighted by Crippen LogP contribution is 2.60. The van der Waals surface area contributed by atoms with E-state index in [9.17, 15) is 24.9 Å². The van der Waals surface area contributed by atoms with Crippen molar-refractivity contribution in [1.82, 2.24) is 0 Å². The number of ether oxygens (including phenoxy) is 1. The lowest BCUT2D eigenvalue weighted by Crippen LogP contribution is -2.59. The van der Waals surface area contributed by atoms with Gasteiger partial charge < -0.3 is 20.1 Å². The fourth-order valence-corrected chi connectivity index (χ4v) is 5.00. The summed E-state index contributed by atoms with van der Waals surface area (Å²) >= 11 is 0.